The Hall–Kier alpha value is -1.13. The summed E-state index contributed by atoms with van der Waals surface area (Å²) in [4.78, 5) is 0. The summed E-state index contributed by atoms with van der Waals surface area (Å²) in [6, 6.07) is 7.66. The maximum absolute atomic E-state index is 11.0. The largest absolute Gasteiger partial charge is 0.233 e. The van der Waals surface area contributed by atoms with Crippen molar-refractivity contribution in [3.8, 4) is 0 Å². The summed E-state index contributed by atoms with van der Waals surface area (Å²) in [5, 5.41) is 0.904. The van der Waals surface area contributed by atoms with E-state index in [-0.39, 0.29) is 0 Å². The third kappa shape index (κ3) is 3.32. The molecule has 0 bridgehead atoms. The normalized spacial score (nSPS) is 11.2. The van der Waals surface area contributed by atoms with Crippen LogP contribution in [-0.4, -0.2) is 8.42 Å². The summed E-state index contributed by atoms with van der Waals surface area (Å²) in [5.74, 6) is 0. The van der Waals surface area contributed by atoms with Gasteiger partial charge in [-0.3, -0.25) is 0 Å². The number of sulfonamides is 1. The first-order valence-electron chi connectivity index (χ1n) is 4.21. The Morgan fingerprint density at radius 3 is 2.43 bits per heavy atom. The minimum atomic E-state index is -3.31. The van der Waals surface area contributed by atoms with Crippen molar-refractivity contribution >= 4 is 10.0 Å². The quantitative estimate of drug-likeness (QED) is 0.821. The smallest absolute Gasteiger partial charge is 0.208 e. The standard InChI is InChI=1S/C10H13NO2S/c1-3-14(12,13)11-8-10-6-4-9(2)5-7-10/h3-7,11H,1,8H2,2H3. The Kier molecular flexibility index (Phi) is 3.43. The van der Waals surface area contributed by atoms with Crippen LogP contribution in [0.3, 0.4) is 0 Å². The van der Waals surface area contributed by atoms with Crippen LogP contribution in [0.1, 0.15) is 11.1 Å². The van der Waals surface area contributed by atoms with Crippen LogP contribution < -0.4 is 4.72 Å². The summed E-state index contributed by atoms with van der Waals surface area (Å²) in [6.07, 6.45) is 0. The van der Waals surface area contributed by atoms with Crippen molar-refractivity contribution in [2.45, 2.75) is 13.5 Å². The Bertz CT molecular complexity index is 406. The third-order valence-corrected chi connectivity index (χ3v) is 2.80. The number of hydrogen-bond acceptors (Lipinski definition) is 2. The van der Waals surface area contributed by atoms with Gasteiger partial charge >= 0.3 is 0 Å². The van der Waals surface area contributed by atoms with Crippen LogP contribution in [0.5, 0.6) is 0 Å². The molecule has 14 heavy (non-hydrogen) atoms. The van der Waals surface area contributed by atoms with Gasteiger partial charge < -0.3 is 0 Å². The maximum atomic E-state index is 11.0. The van der Waals surface area contributed by atoms with E-state index < -0.39 is 10.0 Å². The first-order valence-corrected chi connectivity index (χ1v) is 5.76. The fourth-order valence-corrected chi connectivity index (χ4v) is 1.43. The molecule has 4 heteroatoms. The minimum Gasteiger partial charge on any atom is -0.208 e. The zero-order valence-corrected chi connectivity index (χ0v) is 8.84. The summed E-state index contributed by atoms with van der Waals surface area (Å²) in [6.45, 7) is 5.49. The van der Waals surface area contributed by atoms with E-state index in [0.717, 1.165) is 16.5 Å². The van der Waals surface area contributed by atoms with Gasteiger partial charge in [0.1, 0.15) is 0 Å². The molecule has 0 saturated carbocycles. The van der Waals surface area contributed by atoms with Gasteiger partial charge in [0.2, 0.25) is 10.0 Å². The van der Waals surface area contributed by atoms with E-state index in [1.807, 2.05) is 31.2 Å². The van der Waals surface area contributed by atoms with Gasteiger partial charge in [-0.1, -0.05) is 36.4 Å². The van der Waals surface area contributed by atoms with Gasteiger partial charge in [0.05, 0.1) is 0 Å². The Morgan fingerprint density at radius 2 is 1.93 bits per heavy atom. The molecule has 76 valence electrons. The molecule has 1 rings (SSSR count). The van der Waals surface area contributed by atoms with Crippen molar-refractivity contribution in [1.82, 2.24) is 4.72 Å². The monoisotopic (exact) mass is 211 g/mol. The molecule has 0 aliphatic heterocycles. The SMILES string of the molecule is C=CS(=O)(=O)NCc1ccc(C)cc1. The highest BCUT2D eigenvalue weighted by molar-refractivity contribution is 7.92. The highest BCUT2D eigenvalue weighted by Crippen LogP contribution is 2.03. The Balaban J connectivity index is 2.63. The molecule has 1 N–H and O–H groups in total. The first kappa shape index (κ1) is 10.9. The predicted molar refractivity (Wildman–Crippen MR) is 57.1 cm³/mol. The van der Waals surface area contributed by atoms with Crippen LogP contribution in [0.2, 0.25) is 0 Å². The minimum absolute atomic E-state index is 0.300. The Morgan fingerprint density at radius 1 is 1.36 bits per heavy atom. The summed E-state index contributed by atoms with van der Waals surface area (Å²) in [7, 11) is -3.31. The number of benzene rings is 1. The maximum Gasteiger partial charge on any atom is 0.233 e. The molecule has 3 nitrogen and oxygen atoms in total. The number of rotatable bonds is 4. The lowest BCUT2D eigenvalue weighted by atomic mass is 10.2. The van der Waals surface area contributed by atoms with E-state index in [1.54, 1.807) is 0 Å². The van der Waals surface area contributed by atoms with E-state index in [4.69, 9.17) is 0 Å². The van der Waals surface area contributed by atoms with E-state index in [1.165, 1.54) is 0 Å². The van der Waals surface area contributed by atoms with Crippen LogP contribution in [0.4, 0.5) is 0 Å². The third-order valence-electron chi connectivity index (χ3n) is 1.82. The van der Waals surface area contributed by atoms with Gasteiger partial charge in [-0.2, -0.15) is 0 Å². The molecule has 0 amide bonds. The topological polar surface area (TPSA) is 46.2 Å². The van der Waals surface area contributed by atoms with Crippen LogP contribution in [0.15, 0.2) is 36.3 Å². The molecule has 0 aliphatic rings. The van der Waals surface area contributed by atoms with Gasteiger partial charge in [-0.05, 0) is 12.5 Å². The van der Waals surface area contributed by atoms with E-state index in [9.17, 15) is 8.42 Å². The van der Waals surface area contributed by atoms with Crippen molar-refractivity contribution in [2.24, 2.45) is 0 Å². The number of aryl methyl sites for hydroxylation is 1. The molecular formula is C10H13NO2S. The van der Waals surface area contributed by atoms with Crippen molar-refractivity contribution < 1.29 is 8.42 Å². The lowest BCUT2D eigenvalue weighted by molar-refractivity contribution is 0.590. The molecule has 0 spiro atoms. The summed E-state index contributed by atoms with van der Waals surface area (Å²) >= 11 is 0. The van der Waals surface area contributed by atoms with E-state index in [2.05, 4.69) is 11.3 Å². The molecule has 0 saturated heterocycles. The first-order chi connectivity index (χ1) is 6.53. The van der Waals surface area contributed by atoms with Crippen LogP contribution >= 0.6 is 0 Å². The van der Waals surface area contributed by atoms with E-state index in [0.29, 0.717) is 6.54 Å². The van der Waals surface area contributed by atoms with Gasteiger partial charge in [-0.25, -0.2) is 13.1 Å². The molecule has 0 atom stereocenters. The average Bonchev–Trinajstić information content (AvgIpc) is 2.17. The lowest BCUT2D eigenvalue weighted by Crippen LogP contribution is -2.20. The number of nitrogens with one attached hydrogen (secondary N) is 1. The van der Waals surface area contributed by atoms with Crippen LogP contribution in [-0.2, 0) is 16.6 Å². The molecule has 0 aliphatic carbocycles. The van der Waals surface area contributed by atoms with Crippen molar-refractivity contribution in [1.29, 1.82) is 0 Å². The van der Waals surface area contributed by atoms with Gasteiger partial charge in [0.25, 0.3) is 0 Å². The van der Waals surface area contributed by atoms with Gasteiger partial charge in [-0.15, -0.1) is 0 Å². The second-order valence-corrected chi connectivity index (χ2v) is 4.73. The zero-order valence-electron chi connectivity index (χ0n) is 8.03. The summed E-state index contributed by atoms with van der Waals surface area (Å²) in [5.41, 5.74) is 2.08. The molecule has 0 radical (unpaired) electrons. The van der Waals surface area contributed by atoms with Crippen LogP contribution in [0, 0.1) is 6.92 Å². The highest BCUT2D eigenvalue weighted by atomic mass is 32.2. The van der Waals surface area contributed by atoms with Gasteiger partial charge in [0.15, 0.2) is 0 Å². The van der Waals surface area contributed by atoms with Crippen LogP contribution in [0.25, 0.3) is 0 Å². The second-order valence-electron chi connectivity index (χ2n) is 3.02. The van der Waals surface area contributed by atoms with E-state index >= 15 is 0 Å². The lowest BCUT2D eigenvalue weighted by Gasteiger charge is -2.02. The molecule has 1 aromatic rings. The summed E-state index contributed by atoms with van der Waals surface area (Å²) < 4.78 is 24.4. The molecule has 1 aromatic carbocycles. The zero-order chi connectivity index (χ0) is 10.6. The molecular weight excluding hydrogens is 198 g/mol. The van der Waals surface area contributed by atoms with Crippen molar-refractivity contribution in [3.63, 3.8) is 0 Å². The highest BCUT2D eigenvalue weighted by Gasteiger charge is 2.02. The molecule has 0 aromatic heterocycles. The molecule has 0 heterocycles. The average molecular weight is 211 g/mol. The van der Waals surface area contributed by atoms with Crippen molar-refractivity contribution in [3.05, 3.63) is 47.4 Å². The second kappa shape index (κ2) is 4.39. The Labute approximate surface area is 84.5 Å². The predicted octanol–water partition coefficient (Wildman–Crippen LogP) is 1.56. The van der Waals surface area contributed by atoms with Crippen molar-refractivity contribution in [2.75, 3.05) is 0 Å². The fraction of sp³-hybridized carbons (Fsp3) is 0.200. The number of hydrogen-bond donors (Lipinski definition) is 1. The fourth-order valence-electron chi connectivity index (χ4n) is 0.949. The van der Waals surface area contributed by atoms with Gasteiger partial charge in [0, 0.05) is 12.0 Å². The molecule has 0 unspecified atom stereocenters. The molecule has 0 fully saturated rings.